The van der Waals surface area contributed by atoms with Gasteiger partial charge in [-0.2, -0.15) is 0 Å². The van der Waals surface area contributed by atoms with E-state index in [4.69, 9.17) is 42.3 Å². The summed E-state index contributed by atoms with van der Waals surface area (Å²) in [5.74, 6) is 0.887. The molecule has 0 aromatic heterocycles. The smallest absolute Gasteiger partial charge is 0.261 e. The van der Waals surface area contributed by atoms with Crippen LogP contribution in [0.15, 0.2) is 84.9 Å². The minimum atomic E-state index is -2.54. The first-order valence-corrected chi connectivity index (χ1v) is 22.9. The van der Waals surface area contributed by atoms with Crippen molar-refractivity contribution in [3.8, 4) is 5.75 Å². The van der Waals surface area contributed by atoms with Crippen LogP contribution in [0.5, 0.6) is 5.75 Å². The summed E-state index contributed by atoms with van der Waals surface area (Å²) < 4.78 is 52.1. The molecule has 0 bridgehead atoms. The Hall–Kier alpha value is -2.64. The normalized spacial score (nSPS) is 12.0. The van der Waals surface area contributed by atoms with Gasteiger partial charge in [0.25, 0.3) is 8.32 Å². The van der Waals surface area contributed by atoms with Gasteiger partial charge in [0.05, 0.1) is 99.1 Å². The van der Waals surface area contributed by atoms with Gasteiger partial charge in [-0.25, -0.2) is 0 Å². The lowest BCUT2D eigenvalue weighted by Gasteiger charge is -2.43. The third kappa shape index (κ3) is 19.7. The first-order chi connectivity index (χ1) is 27.5. The number of unbranched alkanes of at least 4 members (excludes halogenated alkanes) is 5. The molecule has 314 valence electrons. The zero-order valence-corrected chi connectivity index (χ0v) is 36.0. The molecule has 0 fully saturated rings. The second-order valence-electron chi connectivity index (χ2n) is 14.8. The first kappa shape index (κ1) is 47.7. The molecule has 0 saturated carbocycles. The number of rotatable bonds is 35. The van der Waals surface area contributed by atoms with E-state index < -0.39 is 8.32 Å². The molecular formula is C46H72O9Si. The SMILES string of the molecule is CCCCCCCCc1ccc(OCCOCCOCCOCCOCCOCCOCCOCCO[Si](c2ccccc2)(c2ccccc2)C(C)(C)C)cc1. The standard InChI is InChI=1S/C46H72O9Si/c1-5-6-7-8-9-12-17-42-22-24-43(25-23-42)54-40-38-52-36-34-50-32-30-48-28-26-47-27-29-49-31-33-51-35-37-53-39-41-55-56(46(2,3)4,44-18-13-10-14-19-44)45-20-15-11-16-21-45/h10-11,13-16,18-25H,5-9,12,17,26-41H2,1-4H3. The van der Waals surface area contributed by atoms with Crippen molar-refractivity contribution in [1.82, 2.24) is 0 Å². The molecule has 0 spiro atoms. The molecule has 0 N–H and O–H groups in total. The van der Waals surface area contributed by atoms with E-state index in [1.54, 1.807) is 0 Å². The number of aryl methyl sites for hydroxylation is 1. The fourth-order valence-corrected chi connectivity index (χ4v) is 11.1. The Balaban J connectivity index is 1.05. The van der Waals surface area contributed by atoms with Gasteiger partial charge >= 0.3 is 0 Å². The van der Waals surface area contributed by atoms with Crippen LogP contribution in [0.1, 0.15) is 71.8 Å². The average Bonchev–Trinajstić information content (AvgIpc) is 3.21. The van der Waals surface area contributed by atoms with Crippen LogP contribution in [0.4, 0.5) is 0 Å². The highest BCUT2D eigenvalue weighted by Crippen LogP contribution is 2.36. The molecule has 0 atom stereocenters. The van der Waals surface area contributed by atoms with Crippen molar-refractivity contribution in [2.75, 3.05) is 106 Å². The summed E-state index contributed by atoms with van der Waals surface area (Å²) in [6, 6.07) is 29.8. The summed E-state index contributed by atoms with van der Waals surface area (Å²) in [7, 11) is -2.54. The largest absolute Gasteiger partial charge is 0.491 e. The summed E-state index contributed by atoms with van der Waals surface area (Å²) in [5, 5.41) is 2.49. The first-order valence-electron chi connectivity index (χ1n) is 21.0. The van der Waals surface area contributed by atoms with Crippen LogP contribution in [0, 0.1) is 0 Å². The van der Waals surface area contributed by atoms with Crippen molar-refractivity contribution in [1.29, 1.82) is 0 Å². The third-order valence-corrected chi connectivity index (χ3v) is 14.5. The lowest BCUT2D eigenvalue weighted by atomic mass is 10.0. The molecule has 3 aromatic rings. The molecule has 0 aliphatic carbocycles. The molecule has 0 heterocycles. The minimum Gasteiger partial charge on any atom is -0.491 e. The van der Waals surface area contributed by atoms with Crippen LogP contribution >= 0.6 is 0 Å². The van der Waals surface area contributed by atoms with Crippen molar-refractivity contribution in [3.63, 3.8) is 0 Å². The lowest BCUT2D eigenvalue weighted by molar-refractivity contribution is -0.0219. The molecular weight excluding hydrogens is 725 g/mol. The van der Waals surface area contributed by atoms with E-state index in [9.17, 15) is 0 Å². The van der Waals surface area contributed by atoms with Gasteiger partial charge < -0.3 is 42.3 Å². The summed E-state index contributed by atoms with van der Waals surface area (Å²) in [4.78, 5) is 0. The number of benzene rings is 3. The van der Waals surface area contributed by atoms with Crippen LogP contribution < -0.4 is 15.1 Å². The summed E-state index contributed by atoms with van der Waals surface area (Å²) in [5.41, 5.74) is 1.38. The highest BCUT2D eigenvalue weighted by molar-refractivity contribution is 6.99. The van der Waals surface area contributed by atoms with E-state index in [-0.39, 0.29) is 5.04 Å². The topological polar surface area (TPSA) is 83.1 Å². The predicted octanol–water partition coefficient (Wildman–Crippen LogP) is 7.66. The molecule has 3 rings (SSSR count). The number of hydrogen-bond acceptors (Lipinski definition) is 9. The highest BCUT2D eigenvalue weighted by atomic mass is 28.4. The molecule has 3 aromatic carbocycles. The average molecular weight is 797 g/mol. The Morgan fingerprint density at radius 2 is 0.786 bits per heavy atom. The van der Waals surface area contributed by atoms with Crippen molar-refractivity contribution in [2.45, 2.75) is 77.7 Å². The Labute approximate surface area is 339 Å². The summed E-state index contributed by atoms with van der Waals surface area (Å²) >= 11 is 0. The Bertz CT molecular complexity index is 1280. The highest BCUT2D eigenvalue weighted by Gasteiger charge is 2.50. The van der Waals surface area contributed by atoms with Crippen LogP contribution in [-0.2, 0) is 44.0 Å². The molecule has 0 amide bonds. The zero-order chi connectivity index (χ0) is 39.8. The van der Waals surface area contributed by atoms with Gasteiger partial charge in [-0.1, -0.05) is 133 Å². The summed E-state index contributed by atoms with van der Waals surface area (Å²) in [6.45, 7) is 17.4. The third-order valence-electron chi connectivity index (χ3n) is 9.43. The van der Waals surface area contributed by atoms with Gasteiger partial charge in [0.15, 0.2) is 0 Å². The Morgan fingerprint density at radius 1 is 0.411 bits per heavy atom. The molecule has 56 heavy (non-hydrogen) atoms. The fourth-order valence-electron chi connectivity index (χ4n) is 6.52. The zero-order valence-electron chi connectivity index (χ0n) is 35.0. The van der Waals surface area contributed by atoms with Gasteiger partial charge in [-0.3, -0.25) is 0 Å². The maximum absolute atomic E-state index is 6.86. The van der Waals surface area contributed by atoms with Crippen molar-refractivity contribution >= 4 is 18.7 Å². The maximum Gasteiger partial charge on any atom is 0.261 e. The monoisotopic (exact) mass is 796 g/mol. The van der Waals surface area contributed by atoms with E-state index in [1.165, 1.54) is 54.5 Å². The quantitative estimate of drug-likeness (QED) is 0.0441. The predicted molar refractivity (Wildman–Crippen MR) is 228 cm³/mol. The molecule has 0 saturated heterocycles. The van der Waals surface area contributed by atoms with Crippen LogP contribution in [0.2, 0.25) is 5.04 Å². The van der Waals surface area contributed by atoms with Gasteiger partial charge in [-0.15, -0.1) is 0 Å². The van der Waals surface area contributed by atoms with Crippen LogP contribution in [-0.4, -0.2) is 114 Å². The number of ether oxygens (including phenoxy) is 8. The second-order valence-corrected chi connectivity index (χ2v) is 19.1. The second kappa shape index (κ2) is 30.4. The fraction of sp³-hybridized carbons (Fsp3) is 0.609. The van der Waals surface area contributed by atoms with E-state index in [1.807, 2.05) is 0 Å². The molecule has 9 nitrogen and oxygen atoms in total. The van der Waals surface area contributed by atoms with Crippen molar-refractivity contribution in [3.05, 3.63) is 90.5 Å². The van der Waals surface area contributed by atoms with Gasteiger partial charge in [-0.05, 0) is 45.9 Å². The van der Waals surface area contributed by atoms with Crippen LogP contribution in [0.25, 0.3) is 0 Å². The summed E-state index contributed by atoms with van der Waals surface area (Å²) in [6.07, 6.45) is 9.09. The molecule has 0 aliphatic heterocycles. The Morgan fingerprint density at radius 3 is 1.20 bits per heavy atom. The van der Waals surface area contributed by atoms with Crippen LogP contribution in [0.3, 0.4) is 0 Å². The molecule has 10 heteroatoms. The van der Waals surface area contributed by atoms with Crippen molar-refractivity contribution < 1.29 is 42.3 Å². The lowest BCUT2D eigenvalue weighted by Crippen LogP contribution is -2.66. The van der Waals surface area contributed by atoms with E-state index >= 15 is 0 Å². The van der Waals surface area contributed by atoms with E-state index in [0.29, 0.717) is 106 Å². The van der Waals surface area contributed by atoms with Gasteiger partial charge in [0.2, 0.25) is 0 Å². The van der Waals surface area contributed by atoms with E-state index in [0.717, 1.165) is 12.2 Å². The molecule has 0 radical (unpaired) electrons. The molecule has 0 aliphatic rings. The Kier molecular flexibility index (Phi) is 25.9. The molecule has 0 unspecified atom stereocenters. The van der Waals surface area contributed by atoms with Gasteiger partial charge in [0.1, 0.15) is 12.4 Å². The van der Waals surface area contributed by atoms with Gasteiger partial charge in [0, 0.05) is 0 Å². The minimum absolute atomic E-state index is 0.0535. The maximum atomic E-state index is 6.86. The van der Waals surface area contributed by atoms with E-state index in [2.05, 4.69) is 113 Å². The number of hydrogen-bond donors (Lipinski definition) is 0. The van der Waals surface area contributed by atoms with Crippen molar-refractivity contribution in [2.24, 2.45) is 0 Å².